The fraction of sp³-hybridized carbons (Fsp3) is 0.625. The zero-order chi connectivity index (χ0) is 22.3. The van der Waals surface area contributed by atoms with Crippen molar-refractivity contribution in [2.24, 2.45) is 0 Å². The van der Waals surface area contributed by atoms with Crippen LogP contribution in [0, 0.1) is 27.7 Å². The molecule has 3 aliphatic heterocycles. The van der Waals surface area contributed by atoms with Gasteiger partial charge < -0.3 is 14.3 Å². The number of benzene rings is 1. The van der Waals surface area contributed by atoms with Crippen molar-refractivity contribution in [1.29, 1.82) is 0 Å². The number of piperidine rings is 1. The monoisotopic (exact) mass is 429 g/mol. The lowest BCUT2D eigenvalue weighted by atomic mass is 9.83. The summed E-state index contributed by atoms with van der Waals surface area (Å²) < 4.78 is 11.7. The molecule has 3 aliphatic rings. The van der Waals surface area contributed by atoms with Crippen LogP contribution in [-0.2, 0) is 19.1 Å². The van der Waals surface area contributed by atoms with Gasteiger partial charge in [-0.25, -0.2) is 5.01 Å². The van der Waals surface area contributed by atoms with Gasteiger partial charge in [-0.05, 0) is 68.4 Å². The Balaban J connectivity index is 1.89. The number of hydrogen-bond donors (Lipinski definition) is 0. The highest BCUT2D eigenvalue weighted by molar-refractivity contribution is 6.23. The minimum Gasteiger partial charge on any atom is -0.498 e. The van der Waals surface area contributed by atoms with E-state index in [0.717, 1.165) is 54.0 Å². The maximum atomic E-state index is 14.2. The molecule has 7 nitrogen and oxygen atoms in total. The van der Waals surface area contributed by atoms with Crippen molar-refractivity contribution >= 4 is 11.5 Å². The van der Waals surface area contributed by atoms with Crippen LogP contribution in [0.3, 0.4) is 0 Å². The molecule has 1 amide bonds. The van der Waals surface area contributed by atoms with Gasteiger partial charge in [-0.15, -0.1) is 0 Å². The van der Waals surface area contributed by atoms with Crippen LogP contribution in [0.1, 0.15) is 40.7 Å². The first-order valence-electron chi connectivity index (χ1n) is 11.2. The number of carbonyl (C=O) groups excluding carboxylic acids is 1. The second-order valence-electron chi connectivity index (χ2n) is 8.87. The van der Waals surface area contributed by atoms with Crippen molar-refractivity contribution in [1.82, 2.24) is 15.1 Å². The molecule has 31 heavy (non-hydrogen) atoms. The maximum absolute atomic E-state index is 14.2. The van der Waals surface area contributed by atoms with Crippen molar-refractivity contribution in [3.05, 3.63) is 39.6 Å². The first-order chi connectivity index (χ1) is 14.9. The number of morpholine rings is 1. The molecule has 1 aromatic rings. The molecule has 1 spiro atoms. The number of hydrogen-bond acceptors (Lipinski definition) is 6. The Bertz CT molecular complexity index is 897. The van der Waals surface area contributed by atoms with E-state index in [1.165, 1.54) is 11.1 Å². The van der Waals surface area contributed by atoms with Gasteiger partial charge in [0.1, 0.15) is 11.3 Å². The molecule has 0 unspecified atom stereocenters. The molecule has 1 aromatic carbocycles. The van der Waals surface area contributed by atoms with E-state index in [4.69, 9.17) is 14.3 Å². The molecule has 0 aromatic heterocycles. The second kappa shape index (κ2) is 8.54. The Hall–Kier alpha value is -1.93. The summed E-state index contributed by atoms with van der Waals surface area (Å²) in [5, 5.41) is 6.14. The van der Waals surface area contributed by atoms with Crippen LogP contribution < -0.4 is 0 Å². The van der Waals surface area contributed by atoms with Crippen molar-refractivity contribution in [2.75, 3.05) is 53.6 Å². The number of nitrogens with zero attached hydrogens (tertiary/aromatic N) is 3. The van der Waals surface area contributed by atoms with Gasteiger partial charge in [-0.1, -0.05) is 6.07 Å². The lowest BCUT2D eigenvalue weighted by Gasteiger charge is -2.49. The van der Waals surface area contributed by atoms with E-state index < -0.39 is 5.54 Å². The van der Waals surface area contributed by atoms with E-state index in [-0.39, 0.29) is 5.91 Å². The number of hydrazine groups is 1. The zero-order valence-corrected chi connectivity index (χ0v) is 19.7. The van der Waals surface area contributed by atoms with E-state index >= 15 is 0 Å². The Morgan fingerprint density at radius 1 is 0.935 bits per heavy atom. The average molecular weight is 430 g/mol. The summed E-state index contributed by atoms with van der Waals surface area (Å²) in [7, 11) is 3.42. The minimum atomic E-state index is -0.495. The number of amides is 1. The van der Waals surface area contributed by atoms with Crippen LogP contribution in [0.5, 0.6) is 0 Å². The molecule has 0 bridgehead atoms. The molecule has 170 valence electrons. The third-order valence-corrected chi connectivity index (χ3v) is 7.35. The third kappa shape index (κ3) is 3.48. The highest BCUT2D eigenvalue weighted by Crippen LogP contribution is 2.49. The van der Waals surface area contributed by atoms with Crippen molar-refractivity contribution in [3.8, 4) is 0 Å². The first-order valence-corrected chi connectivity index (χ1v) is 11.2. The maximum Gasteiger partial charge on any atom is 0.273 e. The number of ether oxygens (including phenoxy) is 2. The lowest BCUT2D eigenvalue weighted by molar-refractivity contribution is -0.196. The van der Waals surface area contributed by atoms with Gasteiger partial charge in [-0.3, -0.25) is 9.80 Å². The molecule has 0 atom stereocenters. The summed E-state index contributed by atoms with van der Waals surface area (Å²) in [4.78, 5) is 19.6. The third-order valence-electron chi connectivity index (χ3n) is 7.35. The quantitative estimate of drug-likeness (QED) is 0.734. The van der Waals surface area contributed by atoms with Crippen LogP contribution in [0.25, 0.3) is 5.57 Å². The van der Waals surface area contributed by atoms with Crippen LogP contribution >= 0.6 is 0 Å². The predicted molar refractivity (Wildman–Crippen MR) is 119 cm³/mol. The molecule has 2 fully saturated rings. The Labute approximate surface area is 185 Å². The summed E-state index contributed by atoms with van der Waals surface area (Å²) in [6.45, 7) is 12.6. The second-order valence-corrected chi connectivity index (χ2v) is 8.87. The molecule has 2 saturated heterocycles. The lowest BCUT2D eigenvalue weighted by Crippen LogP contribution is -2.63. The van der Waals surface area contributed by atoms with Gasteiger partial charge in [0, 0.05) is 26.2 Å². The fourth-order valence-electron chi connectivity index (χ4n) is 5.54. The summed E-state index contributed by atoms with van der Waals surface area (Å²) in [6, 6.07) is 2.18. The molecule has 3 heterocycles. The molecule has 4 rings (SSSR count). The summed E-state index contributed by atoms with van der Waals surface area (Å²) >= 11 is 0. The molecule has 0 aliphatic carbocycles. The van der Waals surface area contributed by atoms with Gasteiger partial charge in [0.2, 0.25) is 0 Å². The summed E-state index contributed by atoms with van der Waals surface area (Å²) in [6.07, 6.45) is 1.53. The number of aryl methyl sites for hydroxylation is 2. The highest BCUT2D eigenvalue weighted by atomic mass is 16.7. The molecule has 7 heteroatoms. The molecular weight excluding hydrogens is 394 g/mol. The highest BCUT2D eigenvalue weighted by Gasteiger charge is 2.57. The molecule has 0 radical (unpaired) electrons. The summed E-state index contributed by atoms with van der Waals surface area (Å²) in [5.41, 5.74) is 6.00. The largest absolute Gasteiger partial charge is 0.498 e. The molecule has 0 saturated carbocycles. The fourth-order valence-corrected chi connectivity index (χ4v) is 5.54. The van der Waals surface area contributed by atoms with Crippen molar-refractivity contribution in [2.45, 2.75) is 46.1 Å². The van der Waals surface area contributed by atoms with Gasteiger partial charge in [0.05, 0.1) is 33.0 Å². The van der Waals surface area contributed by atoms with E-state index in [1.807, 2.05) is 10.1 Å². The molecule has 0 N–H and O–H groups in total. The van der Waals surface area contributed by atoms with Gasteiger partial charge in [0.25, 0.3) is 5.91 Å². The van der Waals surface area contributed by atoms with Crippen LogP contribution in [0.2, 0.25) is 0 Å². The Morgan fingerprint density at radius 2 is 1.58 bits per heavy atom. The predicted octanol–water partition coefficient (Wildman–Crippen LogP) is 2.76. The van der Waals surface area contributed by atoms with E-state index in [2.05, 4.69) is 38.8 Å². The van der Waals surface area contributed by atoms with Crippen molar-refractivity contribution in [3.63, 3.8) is 0 Å². The Morgan fingerprint density at radius 3 is 2.16 bits per heavy atom. The zero-order valence-electron chi connectivity index (χ0n) is 19.7. The van der Waals surface area contributed by atoms with Crippen LogP contribution in [-0.4, -0.2) is 80.1 Å². The van der Waals surface area contributed by atoms with Gasteiger partial charge in [0.15, 0.2) is 0 Å². The van der Waals surface area contributed by atoms with Crippen molar-refractivity contribution < 1.29 is 19.1 Å². The van der Waals surface area contributed by atoms with Gasteiger partial charge >= 0.3 is 0 Å². The number of carbonyl (C=O) groups is 1. The smallest absolute Gasteiger partial charge is 0.273 e. The standard InChI is InChI=1S/C24H35N3O4/c1-16-15-17(2)20(19(4)18(16)3)21-22(29-5)24(7-9-26(30-6)10-8-24)27(23(21)28)25-11-13-31-14-12-25/h15H,7-14H2,1-6H3. The Kier molecular flexibility index (Phi) is 6.14. The normalized spacial score (nSPS) is 22.6. The molecular formula is C24H35N3O4. The summed E-state index contributed by atoms with van der Waals surface area (Å²) in [5.74, 6) is 0.841. The topological polar surface area (TPSA) is 54.5 Å². The van der Waals surface area contributed by atoms with Gasteiger partial charge in [-0.2, -0.15) is 5.06 Å². The van der Waals surface area contributed by atoms with E-state index in [0.29, 0.717) is 26.3 Å². The SMILES string of the molecule is COC1=C(c2c(C)cc(C)c(C)c2C)C(=O)N(N2CCOCC2)C12CCN(OC)CC2. The number of hydroxylamine groups is 2. The number of methoxy groups -OCH3 is 1. The van der Waals surface area contributed by atoms with Crippen LogP contribution in [0.4, 0.5) is 0 Å². The average Bonchev–Trinajstić information content (AvgIpc) is 3.00. The first kappa shape index (κ1) is 22.3. The van der Waals surface area contributed by atoms with E-state index in [9.17, 15) is 4.79 Å². The number of rotatable bonds is 4. The minimum absolute atomic E-state index is 0.0408. The van der Waals surface area contributed by atoms with E-state index in [1.54, 1.807) is 14.2 Å². The van der Waals surface area contributed by atoms with Crippen LogP contribution in [0.15, 0.2) is 11.8 Å².